The zero-order valence-electron chi connectivity index (χ0n) is 17.5. The number of nitrogens with zero attached hydrogens (tertiary/aromatic N) is 2. The van der Waals surface area contributed by atoms with Gasteiger partial charge in [0.15, 0.2) is 5.96 Å². The Labute approximate surface area is 199 Å². The van der Waals surface area contributed by atoms with Gasteiger partial charge in [-0.3, -0.25) is 4.99 Å². The molecule has 0 aromatic heterocycles. The highest BCUT2D eigenvalue weighted by atomic mass is 127. The lowest BCUT2D eigenvalue weighted by Gasteiger charge is -2.28. The van der Waals surface area contributed by atoms with Crippen molar-refractivity contribution >= 4 is 47.4 Å². The number of thioether (sulfide) groups is 1. The smallest absolute Gasteiger partial charge is 0.191 e. The molecule has 1 aliphatic heterocycles. The largest absolute Gasteiger partial charge is 0.378 e. The van der Waals surface area contributed by atoms with Crippen molar-refractivity contribution in [3.63, 3.8) is 0 Å². The van der Waals surface area contributed by atoms with Crippen LogP contribution in [0, 0.1) is 5.82 Å². The average molecular weight is 544 g/mol. The van der Waals surface area contributed by atoms with Crippen molar-refractivity contribution in [2.45, 2.75) is 18.8 Å². The number of ether oxygens (including phenoxy) is 1. The van der Waals surface area contributed by atoms with Gasteiger partial charge in [0.1, 0.15) is 5.82 Å². The van der Waals surface area contributed by atoms with Crippen LogP contribution in [0.2, 0.25) is 0 Å². The van der Waals surface area contributed by atoms with Crippen molar-refractivity contribution in [1.29, 1.82) is 0 Å². The third-order valence-electron chi connectivity index (χ3n) is 4.91. The molecule has 0 radical (unpaired) electrons. The molecule has 5 nitrogen and oxygen atoms in total. The van der Waals surface area contributed by atoms with Gasteiger partial charge in [-0.15, -0.1) is 24.0 Å². The maximum absolute atomic E-state index is 13.5. The van der Waals surface area contributed by atoms with Crippen molar-refractivity contribution in [2.75, 3.05) is 44.5 Å². The van der Waals surface area contributed by atoms with Gasteiger partial charge in [-0.1, -0.05) is 18.2 Å². The SMILES string of the molecule is CN=C(NCc1ccc(N2CCOCC2)cc1)NCc1ccc(F)cc1CSC.I. The second kappa shape index (κ2) is 13.0. The fourth-order valence-corrected chi connectivity index (χ4v) is 3.87. The molecule has 0 atom stereocenters. The molecule has 0 unspecified atom stereocenters. The molecule has 1 heterocycles. The molecule has 2 N–H and O–H groups in total. The van der Waals surface area contributed by atoms with Gasteiger partial charge in [-0.25, -0.2) is 4.39 Å². The molecule has 8 heteroatoms. The number of nitrogens with one attached hydrogen (secondary N) is 2. The lowest BCUT2D eigenvalue weighted by atomic mass is 10.1. The van der Waals surface area contributed by atoms with E-state index in [2.05, 4.69) is 44.8 Å². The van der Waals surface area contributed by atoms with Crippen LogP contribution >= 0.6 is 35.7 Å². The van der Waals surface area contributed by atoms with Gasteiger partial charge >= 0.3 is 0 Å². The van der Waals surface area contributed by atoms with Crippen LogP contribution in [-0.4, -0.2) is 45.6 Å². The predicted octanol–water partition coefficient (Wildman–Crippen LogP) is 4.01. The van der Waals surface area contributed by atoms with Crippen LogP contribution < -0.4 is 15.5 Å². The summed E-state index contributed by atoms with van der Waals surface area (Å²) in [6, 6.07) is 13.6. The molecule has 0 spiro atoms. The molecule has 0 saturated carbocycles. The number of guanidine groups is 1. The highest BCUT2D eigenvalue weighted by molar-refractivity contribution is 14.0. The minimum atomic E-state index is -0.194. The van der Waals surface area contributed by atoms with Crippen LogP contribution in [0.15, 0.2) is 47.5 Å². The normalized spacial score (nSPS) is 14.2. The molecule has 2 aromatic rings. The first-order valence-corrected chi connectivity index (χ1v) is 11.2. The first-order valence-electron chi connectivity index (χ1n) is 9.82. The minimum Gasteiger partial charge on any atom is -0.378 e. The second-order valence-electron chi connectivity index (χ2n) is 6.89. The quantitative estimate of drug-likeness (QED) is 0.314. The molecule has 1 saturated heterocycles. The molecular weight excluding hydrogens is 514 g/mol. The predicted molar refractivity (Wildman–Crippen MR) is 136 cm³/mol. The van der Waals surface area contributed by atoms with Gasteiger partial charge in [0.05, 0.1) is 13.2 Å². The van der Waals surface area contributed by atoms with E-state index in [0.29, 0.717) is 13.1 Å². The van der Waals surface area contributed by atoms with Crippen molar-refractivity contribution in [1.82, 2.24) is 10.6 Å². The van der Waals surface area contributed by atoms with E-state index >= 15 is 0 Å². The molecule has 2 aromatic carbocycles. The number of rotatable bonds is 7. The summed E-state index contributed by atoms with van der Waals surface area (Å²) in [4.78, 5) is 6.64. The standard InChI is InChI=1S/C22H29FN4OS.HI/c1-24-22(26-15-18-5-6-20(23)13-19(18)16-29-2)25-14-17-3-7-21(8-4-17)27-9-11-28-12-10-27;/h3-8,13H,9-12,14-16H2,1-2H3,(H2,24,25,26);1H. The zero-order chi connectivity index (χ0) is 20.5. The van der Waals surface area contributed by atoms with Gasteiger partial charge in [-0.2, -0.15) is 11.8 Å². The summed E-state index contributed by atoms with van der Waals surface area (Å²) in [6.07, 6.45) is 2.02. The highest BCUT2D eigenvalue weighted by Gasteiger charge is 2.11. The first kappa shape index (κ1) is 24.7. The van der Waals surface area contributed by atoms with Crippen molar-refractivity contribution < 1.29 is 9.13 Å². The Balaban J connectivity index is 0.00000320. The van der Waals surface area contributed by atoms with Crippen LogP contribution in [0.1, 0.15) is 16.7 Å². The Hall–Kier alpha value is -1.52. The van der Waals surface area contributed by atoms with E-state index in [-0.39, 0.29) is 29.8 Å². The first-order chi connectivity index (χ1) is 14.2. The zero-order valence-corrected chi connectivity index (χ0v) is 20.6. The van der Waals surface area contributed by atoms with Gasteiger partial charge in [0.25, 0.3) is 0 Å². The van der Waals surface area contributed by atoms with E-state index in [0.717, 1.165) is 49.1 Å². The summed E-state index contributed by atoms with van der Waals surface area (Å²) in [7, 11) is 1.75. The average Bonchev–Trinajstić information content (AvgIpc) is 2.76. The fourth-order valence-electron chi connectivity index (χ4n) is 3.29. The summed E-state index contributed by atoms with van der Waals surface area (Å²) in [5.74, 6) is 1.32. The van der Waals surface area contributed by atoms with Gasteiger partial charge in [-0.05, 0) is 47.2 Å². The van der Waals surface area contributed by atoms with Gasteiger partial charge in [0.2, 0.25) is 0 Å². The maximum atomic E-state index is 13.5. The number of aliphatic imine (C=N–C) groups is 1. The van der Waals surface area contributed by atoms with Gasteiger partial charge in [0, 0.05) is 44.7 Å². The molecule has 0 bridgehead atoms. The number of anilines is 1. The van der Waals surface area contributed by atoms with Crippen LogP contribution in [0.3, 0.4) is 0 Å². The number of hydrogen-bond acceptors (Lipinski definition) is 4. The lowest BCUT2D eigenvalue weighted by molar-refractivity contribution is 0.122. The Morgan fingerprint density at radius 2 is 1.77 bits per heavy atom. The summed E-state index contributed by atoms with van der Waals surface area (Å²) in [5.41, 5.74) is 4.52. The highest BCUT2D eigenvalue weighted by Crippen LogP contribution is 2.17. The number of morpholine rings is 1. The van der Waals surface area contributed by atoms with Gasteiger partial charge < -0.3 is 20.3 Å². The van der Waals surface area contributed by atoms with E-state index in [1.807, 2.05) is 12.3 Å². The minimum absolute atomic E-state index is 0. The van der Waals surface area contributed by atoms with E-state index in [1.165, 1.54) is 17.3 Å². The van der Waals surface area contributed by atoms with Crippen LogP contribution in [-0.2, 0) is 23.6 Å². The van der Waals surface area contributed by atoms with Crippen molar-refractivity contribution in [3.05, 3.63) is 65.0 Å². The molecule has 0 amide bonds. The molecule has 3 rings (SSSR count). The van der Waals surface area contributed by atoms with Crippen LogP contribution in [0.4, 0.5) is 10.1 Å². The lowest BCUT2D eigenvalue weighted by Crippen LogP contribution is -2.37. The summed E-state index contributed by atoms with van der Waals surface area (Å²) in [6.45, 7) is 4.75. The fraction of sp³-hybridized carbons (Fsp3) is 0.409. The van der Waals surface area contributed by atoms with Crippen LogP contribution in [0.25, 0.3) is 0 Å². The topological polar surface area (TPSA) is 48.9 Å². The molecule has 0 aliphatic carbocycles. The maximum Gasteiger partial charge on any atom is 0.191 e. The summed E-state index contributed by atoms with van der Waals surface area (Å²) >= 11 is 1.69. The molecule has 30 heavy (non-hydrogen) atoms. The second-order valence-corrected chi connectivity index (χ2v) is 7.76. The number of hydrogen-bond donors (Lipinski definition) is 2. The molecule has 164 valence electrons. The Morgan fingerprint density at radius 3 is 2.43 bits per heavy atom. The van der Waals surface area contributed by atoms with Crippen molar-refractivity contribution in [2.24, 2.45) is 4.99 Å². The third kappa shape index (κ3) is 7.31. The number of halogens is 2. The molecule has 1 fully saturated rings. The van der Waals surface area contributed by atoms with E-state index in [4.69, 9.17) is 4.74 Å². The monoisotopic (exact) mass is 544 g/mol. The van der Waals surface area contributed by atoms with E-state index in [9.17, 15) is 4.39 Å². The molecule has 1 aliphatic rings. The number of benzene rings is 2. The Kier molecular flexibility index (Phi) is 10.7. The summed E-state index contributed by atoms with van der Waals surface area (Å²) < 4.78 is 18.9. The van der Waals surface area contributed by atoms with E-state index < -0.39 is 0 Å². The Bertz CT molecular complexity index is 813. The summed E-state index contributed by atoms with van der Waals surface area (Å²) in [5, 5.41) is 6.67. The Morgan fingerprint density at radius 1 is 1.07 bits per heavy atom. The van der Waals surface area contributed by atoms with Crippen molar-refractivity contribution in [3.8, 4) is 0 Å². The molecular formula is C22H30FIN4OS. The van der Waals surface area contributed by atoms with Crippen LogP contribution in [0.5, 0.6) is 0 Å². The third-order valence-corrected chi connectivity index (χ3v) is 5.51. The van der Waals surface area contributed by atoms with E-state index in [1.54, 1.807) is 24.9 Å².